The van der Waals surface area contributed by atoms with Crippen molar-refractivity contribution in [3.8, 4) is 0 Å². The minimum atomic E-state index is -0.356. The van der Waals surface area contributed by atoms with Gasteiger partial charge in [-0.2, -0.15) is 11.3 Å². The topological polar surface area (TPSA) is 55.4 Å². The second kappa shape index (κ2) is 7.76. The van der Waals surface area contributed by atoms with E-state index in [0.29, 0.717) is 18.6 Å². The number of ether oxygens (including phenoxy) is 1. The molecule has 0 bridgehead atoms. The van der Waals surface area contributed by atoms with Gasteiger partial charge in [0.1, 0.15) is 0 Å². The fraction of sp³-hybridized carbons (Fsp3) is 0.304. The number of carbonyl (C=O) groups excluding carboxylic acids is 2. The second-order valence-electron chi connectivity index (χ2n) is 7.21. The van der Waals surface area contributed by atoms with Crippen molar-refractivity contribution in [1.29, 1.82) is 0 Å². The largest absolute Gasteiger partial charge is 0.463 e. The van der Waals surface area contributed by atoms with E-state index in [1.54, 1.807) is 18.3 Å². The molecule has 4 nitrogen and oxygen atoms in total. The van der Waals surface area contributed by atoms with Gasteiger partial charge in [-0.3, -0.25) is 4.79 Å². The van der Waals surface area contributed by atoms with Crippen LogP contribution in [0.4, 0.5) is 0 Å². The normalized spacial score (nSPS) is 22.0. The van der Waals surface area contributed by atoms with E-state index < -0.39 is 0 Å². The quantitative estimate of drug-likeness (QED) is 0.767. The summed E-state index contributed by atoms with van der Waals surface area (Å²) in [5.74, 6) is -0.452. The van der Waals surface area contributed by atoms with Gasteiger partial charge in [-0.1, -0.05) is 30.3 Å². The van der Waals surface area contributed by atoms with Crippen molar-refractivity contribution in [2.24, 2.45) is 0 Å². The van der Waals surface area contributed by atoms with Crippen molar-refractivity contribution in [1.82, 2.24) is 5.32 Å². The van der Waals surface area contributed by atoms with E-state index in [1.807, 2.05) is 41.9 Å². The zero-order chi connectivity index (χ0) is 19.7. The molecule has 1 aromatic carbocycles. The van der Waals surface area contributed by atoms with E-state index in [2.05, 4.69) is 17.4 Å². The lowest BCUT2D eigenvalue weighted by Gasteiger charge is -2.36. The van der Waals surface area contributed by atoms with E-state index in [-0.39, 0.29) is 23.6 Å². The standard InChI is InChI=1S/C23H23NO3S/c1-3-27-23(26)20-14(2)24-18-11-17(15-7-5-4-6-8-15)12-19(25)22(18)21(20)16-9-10-28-13-16/h4-10,13,17,21,24H,3,11-12H2,1-2H3/t17-,21+/m1/s1. The molecule has 2 aromatic rings. The summed E-state index contributed by atoms with van der Waals surface area (Å²) >= 11 is 1.57. The van der Waals surface area contributed by atoms with Crippen molar-refractivity contribution in [3.05, 3.63) is 80.8 Å². The molecule has 2 atom stereocenters. The first kappa shape index (κ1) is 18.7. The van der Waals surface area contributed by atoms with Crippen LogP contribution in [0.15, 0.2) is 69.7 Å². The Labute approximate surface area is 168 Å². The monoisotopic (exact) mass is 393 g/mol. The fourth-order valence-electron chi connectivity index (χ4n) is 4.25. The van der Waals surface area contributed by atoms with Crippen LogP contribution in [-0.4, -0.2) is 18.4 Å². The molecule has 5 heteroatoms. The van der Waals surface area contributed by atoms with Gasteiger partial charge in [-0.25, -0.2) is 4.79 Å². The lowest BCUT2D eigenvalue weighted by atomic mass is 9.72. The number of thiophene rings is 1. The molecule has 0 saturated heterocycles. The van der Waals surface area contributed by atoms with E-state index in [0.717, 1.165) is 29.0 Å². The summed E-state index contributed by atoms with van der Waals surface area (Å²) < 4.78 is 5.32. The number of allylic oxidation sites excluding steroid dienone is 3. The minimum Gasteiger partial charge on any atom is -0.463 e. The van der Waals surface area contributed by atoms with Crippen LogP contribution in [0.5, 0.6) is 0 Å². The first-order valence-electron chi connectivity index (χ1n) is 9.58. The van der Waals surface area contributed by atoms with Crippen LogP contribution in [0, 0.1) is 0 Å². The molecule has 0 spiro atoms. The molecule has 0 unspecified atom stereocenters. The number of hydrogen-bond acceptors (Lipinski definition) is 5. The molecule has 28 heavy (non-hydrogen) atoms. The molecule has 0 radical (unpaired) electrons. The van der Waals surface area contributed by atoms with Gasteiger partial charge in [-0.05, 0) is 54.1 Å². The predicted octanol–water partition coefficient (Wildman–Crippen LogP) is 4.67. The lowest BCUT2D eigenvalue weighted by Crippen LogP contribution is -2.36. The third kappa shape index (κ3) is 3.31. The van der Waals surface area contributed by atoms with Gasteiger partial charge >= 0.3 is 5.97 Å². The van der Waals surface area contributed by atoms with E-state index in [1.165, 1.54) is 5.56 Å². The fourth-order valence-corrected chi connectivity index (χ4v) is 4.94. The zero-order valence-electron chi connectivity index (χ0n) is 16.0. The molecule has 0 saturated carbocycles. The van der Waals surface area contributed by atoms with Crippen molar-refractivity contribution in [2.75, 3.05) is 6.61 Å². The summed E-state index contributed by atoms with van der Waals surface area (Å²) in [5, 5.41) is 7.37. The summed E-state index contributed by atoms with van der Waals surface area (Å²) in [7, 11) is 0. The van der Waals surface area contributed by atoms with Gasteiger partial charge in [0.15, 0.2) is 5.78 Å². The summed E-state index contributed by atoms with van der Waals surface area (Å²) in [6.07, 6.45) is 1.22. The van der Waals surface area contributed by atoms with Crippen molar-refractivity contribution >= 4 is 23.1 Å². The summed E-state index contributed by atoms with van der Waals surface area (Å²) in [6.45, 7) is 4.00. The molecule has 1 N–H and O–H groups in total. The summed E-state index contributed by atoms with van der Waals surface area (Å²) in [6, 6.07) is 12.2. The number of Topliss-reactive ketones (excluding diaryl/α,β-unsaturated/α-hetero) is 1. The maximum Gasteiger partial charge on any atom is 0.336 e. The molecule has 0 fully saturated rings. The highest BCUT2D eigenvalue weighted by molar-refractivity contribution is 7.08. The van der Waals surface area contributed by atoms with Crippen molar-refractivity contribution in [3.63, 3.8) is 0 Å². The highest BCUT2D eigenvalue weighted by Gasteiger charge is 2.41. The molecular formula is C23H23NO3S. The maximum atomic E-state index is 13.3. The average Bonchev–Trinajstić information content (AvgIpc) is 3.22. The third-order valence-electron chi connectivity index (χ3n) is 5.47. The van der Waals surface area contributed by atoms with E-state index >= 15 is 0 Å². The molecule has 144 valence electrons. The van der Waals surface area contributed by atoms with Crippen LogP contribution >= 0.6 is 11.3 Å². The van der Waals surface area contributed by atoms with E-state index in [9.17, 15) is 9.59 Å². The summed E-state index contributed by atoms with van der Waals surface area (Å²) in [4.78, 5) is 26.0. The Balaban J connectivity index is 1.77. The Morgan fingerprint density at radius 1 is 1.18 bits per heavy atom. The Bertz CT molecular complexity index is 957. The molecule has 2 heterocycles. The van der Waals surface area contributed by atoms with Gasteiger partial charge in [-0.15, -0.1) is 0 Å². The second-order valence-corrected chi connectivity index (χ2v) is 7.99. The van der Waals surface area contributed by atoms with Crippen LogP contribution in [0.2, 0.25) is 0 Å². The number of esters is 1. The number of benzene rings is 1. The zero-order valence-corrected chi connectivity index (χ0v) is 16.8. The van der Waals surface area contributed by atoms with Crippen LogP contribution in [-0.2, 0) is 14.3 Å². The Hall–Kier alpha value is -2.66. The van der Waals surface area contributed by atoms with Crippen LogP contribution in [0.3, 0.4) is 0 Å². The molecule has 2 aliphatic rings. The number of dihydropyridines is 1. The molecule has 4 rings (SSSR count). The average molecular weight is 394 g/mol. The van der Waals surface area contributed by atoms with Crippen LogP contribution < -0.4 is 5.32 Å². The van der Waals surface area contributed by atoms with Gasteiger partial charge in [0, 0.05) is 29.3 Å². The third-order valence-corrected chi connectivity index (χ3v) is 6.17. The van der Waals surface area contributed by atoms with Crippen molar-refractivity contribution < 1.29 is 14.3 Å². The predicted molar refractivity (Wildman–Crippen MR) is 110 cm³/mol. The molecule has 1 aliphatic carbocycles. The molecule has 1 aromatic heterocycles. The highest BCUT2D eigenvalue weighted by atomic mass is 32.1. The Morgan fingerprint density at radius 3 is 2.64 bits per heavy atom. The maximum absolute atomic E-state index is 13.3. The lowest BCUT2D eigenvalue weighted by molar-refractivity contribution is -0.138. The smallest absolute Gasteiger partial charge is 0.336 e. The van der Waals surface area contributed by atoms with Gasteiger partial charge in [0.05, 0.1) is 12.2 Å². The molecule has 1 aliphatic heterocycles. The first-order chi connectivity index (χ1) is 13.6. The SMILES string of the molecule is CCOC(=O)C1=C(C)NC2=C(C(=O)C[C@H](c3ccccc3)C2)[C@H]1c1ccsc1. The van der Waals surface area contributed by atoms with Crippen LogP contribution in [0.1, 0.15) is 49.7 Å². The van der Waals surface area contributed by atoms with Gasteiger partial charge < -0.3 is 10.1 Å². The van der Waals surface area contributed by atoms with Gasteiger partial charge in [0.25, 0.3) is 0 Å². The summed E-state index contributed by atoms with van der Waals surface area (Å²) in [5.41, 5.74) is 5.13. The van der Waals surface area contributed by atoms with Gasteiger partial charge in [0.2, 0.25) is 0 Å². The van der Waals surface area contributed by atoms with Crippen molar-refractivity contribution in [2.45, 2.75) is 38.5 Å². The number of hydrogen-bond donors (Lipinski definition) is 1. The molecular weight excluding hydrogens is 370 g/mol. The van der Waals surface area contributed by atoms with Crippen LogP contribution in [0.25, 0.3) is 0 Å². The number of carbonyl (C=O) groups is 2. The Morgan fingerprint density at radius 2 is 1.96 bits per heavy atom. The number of nitrogens with one attached hydrogen (secondary N) is 1. The number of ketones is 1. The minimum absolute atomic E-state index is 0.105. The highest BCUT2D eigenvalue weighted by Crippen LogP contribution is 2.46. The Kier molecular flexibility index (Phi) is 5.18. The molecule has 0 amide bonds. The van der Waals surface area contributed by atoms with E-state index in [4.69, 9.17) is 4.74 Å². The number of rotatable bonds is 4. The first-order valence-corrected chi connectivity index (χ1v) is 10.5.